The Morgan fingerprint density at radius 1 is 1.38 bits per heavy atom. The van der Waals surface area contributed by atoms with E-state index in [0.29, 0.717) is 11.3 Å². The van der Waals surface area contributed by atoms with Gasteiger partial charge in [0.05, 0.1) is 15.8 Å². The van der Waals surface area contributed by atoms with E-state index in [0.717, 1.165) is 11.3 Å². The highest BCUT2D eigenvalue weighted by molar-refractivity contribution is 7.98. The van der Waals surface area contributed by atoms with Crippen molar-refractivity contribution in [3.63, 3.8) is 0 Å². The summed E-state index contributed by atoms with van der Waals surface area (Å²) in [5.74, 6) is 1.62. The maximum atomic E-state index is 11.9. The van der Waals surface area contributed by atoms with Gasteiger partial charge in [-0.2, -0.15) is 11.8 Å². The monoisotopic (exact) mass is 346 g/mol. The summed E-state index contributed by atoms with van der Waals surface area (Å²) in [6.07, 6.45) is 3.25. The predicted octanol–water partition coefficient (Wildman–Crippen LogP) is 3.66. The Morgan fingerprint density at radius 2 is 2.05 bits per heavy atom. The number of imidazole rings is 1. The van der Waals surface area contributed by atoms with E-state index in [2.05, 4.69) is 16.5 Å². The highest BCUT2D eigenvalue weighted by atomic mass is 35.5. The van der Waals surface area contributed by atoms with E-state index in [1.165, 1.54) is 6.26 Å². The van der Waals surface area contributed by atoms with Gasteiger partial charge in [0.2, 0.25) is 0 Å². The number of hydrogen-bond donors (Lipinski definition) is 0. The summed E-state index contributed by atoms with van der Waals surface area (Å²) >= 11 is 7.99. The molecule has 1 heterocycles. The SMILES string of the molecule is CSCC(C)n1c(C(C)Cl)nc2c(S(C)(=O)=O)cccc21. The zero-order chi connectivity index (χ0) is 15.8. The second-order valence-corrected chi connectivity index (χ2v) is 8.71. The number of nitrogens with zero attached hydrogens (tertiary/aromatic N) is 2. The number of halogens is 1. The molecule has 2 unspecified atom stereocenters. The minimum Gasteiger partial charge on any atom is -0.323 e. The zero-order valence-corrected chi connectivity index (χ0v) is 14.9. The normalized spacial score (nSPS) is 15.3. The summed E-state index contributed by atoms with van der Waals surface area (Å²) in [5, 5.41) is -0.283. The van der Waals surface area contributed by atoms with Crippen LogP contribution in [0.2, 0.25) is 0 Å². The fourth-order valence-corrected chi connectivity index (χ4v) is 4.08. The van der Waals surface area contributed by atoms with Gasteiger partial charge in [-0.1, -0.05) is 6.07 Å². The Balaban J connectivity index is 2.80. The first-order valence-electron chi connectivity index (χ1n) is 6.61. The number of fused-ring (bicyclic) bond motifs is 1. The fourth-order valence-electron chi connectivity index (χ4n) is 2.47. The van der Waals surface area contributed by atoms with Crippen molar-refractivity contribution in [2.24, 2.45) is 0 Å². The molecular weight excluding hydrogens is 328 g/mol. The summed E-state index contributed by atoms with van der Waals surface area (Å²) in [6.45, 7) is 3.94. The van der Waals surface area contributed by atoms with Crippen LogP contribution in [0.1, 0.15) is 31.1 Å². The summed E-state index contributed by atoms with van der Waals surface area (Å²) in [7, 11) is -3.32. The molecule has 7 heteroatoms. The van der Waals surface area contributed by atoms with Gasteiger partial charge in [-0.05, 0) is 32.2 Å². The van der Waals surface area contributed by atoms with Crippen molar-refractivity contribution in [2.45, 2.75) is 30.2 Å². The van der Waals surface area contributed by atoms with Crippen molar-refractivity contribution in [3.05, 3.63) is 24.0 Å². The summed E-state index contributed by atoms with van der Waals surface area (Å²) in [5.41, 5.74) is 1.33. The lowest BCUT2D eigenvalue weighted by atomic mass is 10.3. The number of aromatic nitrogens is 2. The van der Waals surface area contributed by atoms with Crippen LogP contribution in [0.25, 0.3) is 11.0 Å². The Morgan fingerprint density at radius 3 is 2.57 bits per heavy atom. The average molecular weight is 347 g/mol. The fraction of sp³-hybridized carbons (Fsp3) is 0.500. The van der Waals surface area contributed by atoms with Gasteiger partial charge in [-0.15, -0.1) is 11.6 Å². The van der Waals surface area contributed by atoms with Crippen molar-refractivity contribution in [1.82, 2.24) is 9.55 Å². The molecule has 0 spiro atoms. The number of rotatable bonds is 5. The number of para-hydroxylation sites is 1. The third-order valence-electron chi connectivity index (χ3n) is 3.31. The van der Waals surface area contributed by atoms with Crippen molar-refractivity contribution >= 4 is 44.2 Å². The largest absolute Gasteiger partial charge is 0.323 e. The summed E-state index contributed by atoms with van der Waals surface area (Å²) < 4.78 is 25.9. The van der Waals surface area contributed by atoms with Gasteiger partial charge in [0.25, 0.3) is 0 Å². The molecule has 1 aromatic carbocycles. The van der Waals surface area contributed by atoms with Crippen molar-refractivity contribution in [2.75, 3.05) is 18.3 Å². The highest BCUT2D eigenvalue weighted by Gasteiger charge is 2.23. The van der Waals surface area contributed by atoms with E-state index in [4.69, 9.17) is 11.6 Å². The van der Waals surface area contributed by atoms with E-state index < -0.39 is 9.84 Å². The van der Waals surface area contributed by atoms with Crippen LogP contribution in [0.15, 0.2) is 23.1 Å². The molecule has 4 nitrogen and oxygen atoms in total. The van der Waals surface area contributed by atoms with Gasteiger partial charge < -0.3 is 4.57 Å². The molecule has 0 aliphatic carbocycles. The van der Waals surface area contributed by atoms with E-state index in [9.17, 15) is 8.42 Å². The Bertz CT molecular complexity index is 754. The third kappa shape index (κ3) is 3.22. The maximum Gasteiger partial charge on any atom is 0.177 e. The molecule has 1 aromatic heterocycles. The third-order valence-corrected chi connectivity index (χ3v) is 5.45. The van der Waals surface area contributed by atoms with E-state index >= 15 is 0 Å². The first kappa shape index (κ1) is 16.6. The number of benzene rings is 1. The average Bonchev–Trinajstić information content (AvgIpc) is 2.76. The van der Waals surface area contributed by atoms with Crippen LogP contribution in [-0.4, -0.2) is 36.2 Å². The number of alkyl halides is 1. The second kappa shape index (κ2) is 6.18. The maximum absolute atomic E-state index is 11.9. The number of hydrogen-bond acceptors (Lipinski definition) is 4. The van der Waals surface area contributed by atoms with Crippen molar-refractivity contribution in [1.29, 1.82) is 0 Å². The topological polar surface area (TPSA) is 52.0 Å². The zero-order valence-electron chi connectivity index (χ0n) is 12.5. The molecule has 116 valence electrons. The molecule has 0 fully saturated rings. The molecule has 0 radical (unpaired) electrons. The highest BCUT2D eigenvalue weighted by Crippen LogP contribution is 2.32. The lowest BCUT2D eigenvalue weighted by molar-refractivity contribution is 0.593. The van der Waals surface area contributed by atoms with Crippen molar-refractivity contribution < 1.29 is 8.42 Å². The smallest absolute Gasteiger partial charge is 0.177 e. The molecule has 0 amide bonds. The van der Waals surface area contributed by atoms with Gasteiger partial charge in [0.15, 0.2) is 9.84 Å². The van der Waals surface area contributed by atoms with Crippen LogP contribution in [0, 0.1) is 0 Å². The minimum absolute atomic E-state index is 0.191. The lowest BCUT2D eigenvalue weighted by Crippen LogP contribution is -2.12. The van der Waals surface area contributed by atoms with Crippen LogP contribution >= 0.6 is 23.4 Å². The summed E-state index contributed by atoms with van der Waals surface area (Å²) in [6, 6.07) is 5.44. The molecule has 0 aliphatic rings. The van der Waals surface area contributed by atoms with Crippen LogP contribution in [0.4, 0.5) is 0 Å². The molecular formula is C14H19ClN2O2S2. The Labute approximate surface area is 134 Å². The van der Waals surface area contributed by atoms with Crippen LogP contribution in [0.5, 0.6) is 0 Å². The number of thioether (sulfide) groups is 1. The second-order valence-electron chi connectivity index (χ2n) is 5.16. The van der Waals surface area contributed by atoms with E-state index in [1.807, 2.05) is 19.2 Å². The molecule has 0 bridgehead atoms. The van der Waals surface area contributed by atoms with Crippen LogP contribution in [0.3, 0.4) is 0 Å². The quantitative estimate of drug-likeness (QED) is 0.775. The molecule has 21 heavy (non-hydrogen) atoms. The van der Waals surface area contributed by atoms with Gasteiger partial charge >= 0.3 is 0 Å². The molecule has 0 N–H and O–H groups in total. The first-order valence-corrected chi connectivity index (χ1v) is 10.3. The summed E-state index contributed by atoms with van der Waals surface area (Å²) in [4.78, 5) is 4.78. The van der Waals surface area contributed by atoms with Gasteiger partial charge in [-0.3, -0.25) is 0 Å². The van der Waals surface area contributed by atoms with Crippen molar-refractivity contribution in [3.8, 4) is 0 Å². The molecule has 0 saturated heterocycles. The molecule has 0 aliphatic heterocycles. The standard InChI is InChI=1S/C14H19ClN2O2S2/c1-9(8-20-3)17-11-6-5-7-12(21(4,18)19)13(11)16-14(17)10(2)15/h5-7,9-10H,8H2,1-4H3. The van der Waals surface area contributed by atoms with Gasteiger partial charge in [0.1, 0.15) is 11.3 Å². The Kier molecular flexibility index (Phi) is 4.90. The van der Waals surface area contributed by atoms with Gasteiger partial charge in [-0.25, -0.2) is 13.4 Å². The molecule has 0 saturated carbocycles. The molecule has 2 aromatic rings. The lowest BCUT2D eigenvalue weighted by Gasteiger charge is -2.17. The van der Waals surface area contributed by atoms with E-state index in [1.54, 1.807) is 23.9 Å². The van der Waals surface area contributed by atoms with Crippen LogP contribution in [-0.2, 0) is 9.84 Å². The minimum atomic E-state index is -3.32. The van der Waals surface area contributed by atoms with Crippen LogP contribution < -0.4 is 0 Å². The first-order chi connectivity index (χ1) is 9.77. The van der Waals surface area contributed by atoms with E-state index in [-0.39, 0.29) is 16.3 Å². The molecule has 2 rings (SSSR count). The molecule has 2 atom stereocenters. The Hall–Kier alpha value is -0.720. The number of sulfone groups is 1. The predicted molar refractivity (Wildman–Crippen MR) is 90.2 cm³/mol. The van der Waals surface area contributed by atoms with Gasteiger partial charge in [0, 0.05) is 18.1 Å².